The minimum atomic E-state index is -0.463. The van der Waals surface area contributed by atoms with E-state index in [0.717, 1.165) is 16.9 Å². The van der Waals surface area contributed by atoms with Crippen molar-refractivity contribution >= 4 is 28.7 Å². The van der Waals surface area contributed by atoms with E-state index >= 15 is 0 Å². The first-order valence-corrected chi connectivity index (χ1v) is 7.94. The van der Waals surface area contributed by atoms with Gasteiger partial charge >= 0.3 is 5.97 Å². The van der Waals surface area contributed by atoms with Gasteiger partial charge in [-0.15, -0.1) is 11.3 Å². The van der Waals surface area contributed by atoms with Crippen LogP contribution in [0.15, 0.2) is 36.4 Å². The topological polar surface area (TPSA) is 55.8 Å². The number of nitrogens with zero attached hydrogens (tertiary/aromatic N) is 1. The normalized spacial score (nSPS) is 11.8. The first-order chi connectivity index (χ1) is 11.1. The highest BCUT2D eigenvalue weighted by molar-refractivity contribution is 7.20. The maximum atomic E-state index is 12.1. The second kappa shape index (κ2) is 7.89. The second-order valence-corrected chi connectivity index (χ2v) is 6.03. The summed E-state index contributed by atoms with van der Waals surface area (Å²) < 4.78 is 9.97. The minimum Gasteiger partial charge on any atom is -0.465 e. The molecule has 1 amide bonds. The number of thiophene rings is 1. The predicted molar refractivity (Wildman–Crippen MR) is 91.0 cm³/mol. The summed E-state index contributed by atoms with van der Waals surface area (Å²) in [6.45, 7) is 2.23. The Hall–Kier alpha value is -2.18. The largest absolute Gasteiger partial charge is 0.465 e. The molecular formula is C17H19NO4S. The summed E-state index contributed by atoms with van der Waals surface area (Å²) in [5, 5.41) is 0.565. The van der Waals surface area contributed by atoms with Gasteiger partial charge in [-0.25, -0.2) is 4.79 Å². The molecule has 0 saturated heterocycles. The number of anilines is 1. The molecule has 0 aliphatic carbocycles. The molecule has 1 atom stereocenters. The van der Waals surface area contributed by atoms with Crippen LogP contribution in [0.2, 0.25) is 0 Å². The average Bonchev–Trinajstić information content (AvgIpc) is 3.01. The van der Waals surface area contributed by atoms with Gasteiger partial charge < -0.3 is 14.4 Å². The molecule has 1 unspecified atom stereocenters. The summed E-state index contributed by atoms with van der Waals surface area (Å²) in [5.74, 6) is -0.463. The number of benzene rings is 1. The van der Waals surface area contributed by atoms with E-state index in [9.17, 15) is 9.59 Å². The average molecular weight is 333 g/mol. The summed E-state index contributed by atoms with van der Waals surface area (Å²) in [7, 11) is 2.90. The Morgan fingerprint density at radius 3 is 2.57 bits per heavy atom. The van der Waals surface area contributed by atoms with Crippen LogP contribution < -0.4 is 4.90 Å². The van der Waals surface area contributed by atoms with Gasteiger partial charge in [-0.3, -0.25) is 4.79 Å². The van der Waals surface area contributed by atoms with Gasteiger partial charge in [-0.1, -0.05) is 30.3 Å². The summed E-state index contributed by atoms with van der Waals surface area (Å²) in [5.41, 5.74) is 1.37. The van der Waals surface area contributed by atoms with E-state index in [-0.39, 0.29) is 6.04 Å². The fourth-order valence-electron chi connectivity index (χ4n) is 2.25. The first kappa shape index (κ1) is 17.2. The molecule has 6 heteroatoms. The number of methoxy groups -OCH3 is 2. The molecule has 1 heterocycles. The highest BCUT2D eigenvalue weighted by atomic mass is 32.1. The molecule has 23 heavy (non-hydrogen) atoms. The van der Waals surface area contributed by atoms with Gasteiger partial charge in [-0.2, -0.15) is 0 Å². The molecule has 0 N–H and O–H groups in total. The number of hydrogen-bond acceptors (Lipinski definition) is 5. The molecule has 122 valence electrons. The van der Waals surface area contributed by atoms with E-state index in [1.165, 1.54) is 23.3 Å². The predicted octanol–water partition coefficient (Wildman–Crippen LogP) is 3.20. The van der Waals surface area contributed by atoms with Crippen LogP contribution in [-0.4, -0.2) is 39.2 Å². The van der Waals surface area contributed by atoms with Gasteiger partial charge in [0.1, 0.15) is 5.00 Å². The lowest BCUT2D eigenvalue weighted by Crippen LogP contribution is -2.35. The Morgan fingerprint density at radius 2 is 2.00 bits per heavy atom. The Balaban J connectivity index is 2.50. The van der Waals surface area contributed by atoms with Crippen LogP contribution in [0, 0.1) is 0 Å². The molecule has 0 aliphatic rings. The zero-order valence-electron chi connectivity index (χ0n) is 13.3. The van der Waals surface area contributed by atoms with Crippen molar-refractivity contribution in [1.82, 2.24) is 0 Å². The van der Waals surface area contributed by atoms with E-state index in [1.54, 1.807) is 13.2 Å². The van der Waals surface area contributed by atoms with Crippen molar-refractivity contribution in [3.05, 3.63) is 42.0 Å². The van der Waals surface area contributed by atoms with Crippen molar-refractivity contribution < 1.29 is 19.1 Å². The SMILES string of the molecule is COCC(C)N(C=O)c1sc(-c2ccccc2)cc1C(=O)OC. The molecule has 1 aromatic heterocycles. The van der Waals surface area contributed by atoms with Gasteiger partial charge in [0.2, 0.25) is 6.41 Å². The van der Waals surface area contributed by atoms with Crippen LogP contribution in [0.3, 0.4) is 0 Å². The highest BCUT2D eigenvalue weighted by Crippen LogP contribution is 2.38. The van der Waals surface area contributed by atoms with Crippen molar-refractivity contribution in [2.45, 2.75) is 13.0 Å². The monoisotopic (exact) mass is 333 g/mol. The number of ether oxygens (including phenoxy) is 2. The van der Waals surface area contributed by atoms with Gasteiger partial charge in [0.05, 0.1) is 25.3 Å². The van der Waals surface area contributed by atoms with E-state index in [2.05, 4.69) is 0 Å². The highest BCUT2D eigenvalue weighted by Gasteiger charge is 2.25. The third-order valence-corrected chi connectivity index (χ3v) is 4.60. The number of carbonyl (C=O) groups excluding carboxylic acids is 2. The number of esters is 1. The van der Waals surface area contributed by atoms with E-state index in [4.69, 9.17) is 9.47 Å². The maximum Gasteiger partial charge on any atom is 0.340 e. The standard InChI is InChI=1S/C17H19NO4S/c1-12(10-21-2)18(11-19)16-14(17(20)22-3)9-15(23-16)13-7-5-4-6-8-13/h4-9,11-12H,10H2,1-3H3. The fourth-order valence-corrected chi connectivity index (χ4v) is 3.47. The molecule has 0 fully saturated rings. The number of rotatable bonds is 7. The van der Waals surface area contributed by atoms with E-state index in [1.807, 2.05) is 37.3 Å². The molecule has 5 nitrogen and oxygen atoms in total. The lowest BCUT2D eigenvalue weighted by atomic mass is 10.1. The van der Waals surface area contributed by atoms with Crippen LogP contribution in [0.1, 0.15) is 17.3 Å². The molecule has 2 rings (SSSR count). The van der Waals surface area contributed by atoms with Crippen LogP contribution in [0.4, 0.5) is 5.00 Å². The van der Waals surface area contributed by atoms with Gasteiger partial charge in [0.15, 0.2) is 0 Å². The smallest absolute Gasteiger partial charge is 0.340 e. The zero-order chi connectivity index (χ0) is 16.8. The van der Waals surface area contributed by atoms with E-state index in [0.29, 0.717) is 17.2 Å². The van der Waals surface area contributed by atoms with Crippen molar-refractivity contribution in [2.75, 3.05) is 25.7 Å². The molecular weight excluding hydrogens is 314 g/mol. The van der Waals surface area contributed by atoms with Crippen LogP contribution >= 0.6 is 11.3 Å². The second-order valence-electron chi connectivity index (χ2n) is 5.00. The van der Waals surface area contributed by atoms with Crippen molar-refractivity contribution in [3.63, 3.8) is 0 Å². The molecule has 1 aromatic carbocycles. The number of carbonyl (C=O) groups is 2. The van der Waals surface area contributed by atoms with Crippen molar-refractivity contribution in [2.24, 2.45) is 0 Å². The molecule has 2 aromatic rings. The molecule has 0 saturated carbocycles. The Morgan fingerprint density at radius 1 is 1.30 bits per heavy atom. The minimum absolute atomic E-state index is 0.192. The van der Waals surface area contributed by atoms with Crippen LogP contribution in [0.25, 0.3) is 10.4 Å². The quantitative estimate of drug-likeness (QED) is 0.577. The molecule has 0 bridgehead atoms. The summed E-state index contributed by atoms with van der Waals surface area (Å²) in [4.78, 5) is 26.1. The van der Waals surface area contributed by atoms with Crippen LogP contribution in [-0.2, 0) is 14.3 Å². The Kier molecular flexibility index (Phi) is 5.90. The lowest BCUT2D eigenvalue weighted by molar-refractivity contribution is -0.108. The Bertz CT molecular complexity index is 668. The zero-order valence-corrected chi connectivity index (χ0v) is 14.1. The summed E-state index contributed by atoms with van der Waals surface area (Å²) in [6, 6.07) is 11.3. The van der Waals surface area contributed by atoms with Gasteiger partial charge in [-0.05, 0) is 18.6 Å². The summed E-state index contributed by atoms with van der Waals surface area (Å²) >= 11 is 1.38. The molecule has 0 aliphatic heterocycles. The van der Waals surface area contributed by atoms with Gasteiger partial charge in [0, 0.05) is 12.0 Å². The lowest BCUT2D eigenvalue weighted by Gasteiger charge is -2.23. The van der Waals surface area contributed by atoms with Crippen LogP contribution in [0.5, 0.6) is 0 Å². The Labute approximate surface area is 139 Å². The number of amides is 1. The summed E-state index contributed by atoms with van der Waals surface area (Å²) in [6.07, 6.45) is 0.719. The molecule has 0 radical (unpaired) electrons. The van der Waals surface area contributed by atoms with E-state index < -0.39 is 5.97 Å². The number of hydrogen-bond donors (Lipinski definition) is 0. The fraction of sp³-hybridized carbons (Fsp3) is 0.294. The third-order valence-electron chi connectivity index (χ3n) is 3.41. The van der Waals surface area contributed by atoms with Crippen molar-refractivity contribution in [3.8, 4) is 10.4 Å². The first-order valence-electron chi connectivity index (χ1n) is 7.12. The molecule has 0 spiro atoms. The van der Waals surface area contributed by atoms with Crippen molar-refractivity contribution in [1.29, 1.82) is 0 Å². The third kappa shape index (κ3) is 3.78. The van der Waals surface area contributed by atoms with Gasteiger partial charge in [0.25, 0.3) is 0 Å². The maximum absolute atomic E-state index is 12.1.